The summed E-state index contributed by atoms with van der Waals surface area (Å²) in [5.74, 6) is 0.718. The Morgan fingerprint density at radius 1 is 1.24 bits per heavy atom. The number of nitrogens with one attached hydrogen (secondary N) is 1. The largest absolute Gasteiger partial charge is 0.376 e. The lowest BCUT2D eigenvalue weighted by Gasteiger charge is -2.53. The molecule has 148 valence electrons. The highest BCUT2D eigenvalue weighted by Crippen LogP contribution is 2.55. The first-order chi connectivity index (χ1) is 11.3. The van der Waals surface area contributed by atoms with Crippen LogP contribution in [0, 0.1) is 22.7 Å². The van der Waals surface area contributed by atoms with Crippen molar-refractivity contribution < 1.29 is 9.13 Å². The highest BCUT2D eigenvalue weighted by atomic mass is 19.1. The first-order valence-electron chi connectivity index (χ1n) is 10.1. The predicted molar refractivity (Wildman–Crippen MR) is 103 cm³/mol. The molecule has 2 heterocycles. The van der Waals surface area contributed by atoms with Gasteiger partial charge in [0.15, 0.2) is 0 Å². The first-order valence-corrected chi connectivity index (χ1v) is 10.1. The summed E-state index contributed by atoms with van der Waals surface area (Å²) in [7, 11) is 0. The molecule has 2 rings (SSSR count). The van der Waals surface area contributed by atoms with Gasteiger partial charge >= 0.3 is 0 Å². The van der Waals surface area contributed by atoms with E-state index in [9.17, 15) is 4.39 Å². The van der Waals surface area contributed by atoms with Crippen LogP contribution in [0.1, 0.15) is 74.7 Å². The molecule has 2 saturated heterocycles. The number of halogens is 1. The molecule has 4 heteroatoms. The van der Waals surface area contributed by atoms with E-state index in [-0.39, 0.29) is 34.6 Å². The summed E-state index contributed by atoms with van der Waals surface area (Å²) in [6, 6.07) is -0.0311. The van der Waals surface area contributed by atoms with Crippen LogP contribution in [0.25, 0.3) is 0 Å². The van der Waals surface area contributed by atoms with Gasteiger partial charge in [0.25, 0.3) is 0 Å². The summed E-state index contributed by atoms with van der Waals surface area (Å²) >= 11 is 0. The Balaban J connectivity index is 2.28. The van der Waals surface area contributed by atoms with Crippen molar-refractivity contribution in [2.24, 2.45) is 28.4 Å². The third-order valence-corrected chi connectivity index (χ3v) is 7.11. The SMILES string of the molecule is CC(C)[C@@H]1NC(C)(CC2OC[C@@H](N)C2(C(C)C)C(C)(C)C)CCC1F. The average molecular weight is 357 g/mol. The lowest BCUT2D eigenvalue weighted by atomic mass is 9.53. The second kappa shape index (κ2) is 7.09. The Kier molecular flexibility index (Phi) is 5.99. The maximum Gasteiger partial charge on any atom is 0.116 e. The molecule has 2 aliphatic rings. The van der Waals surface area contributed by atoms with E-state index in [1.165, 1.54) is 0 Å². The molecule has 2 fully saturated rings. The molecule has 0 aromatic carbocycles. The fourth-order valence-electron chi connectivity index (χ4n) is 6.02. The van der Waals surface area contributed by atoms with Gasteiger partial charge in [0.05, 0.1) is 12.7 Å². The summed E-state index contributed by atoms with van der Waals surface area (Å²) in [5.41, 5.74) is 6.51. The molecule has 0 amide bonds. The number of rotatable bonds is 4. The molecule has 0 bridgehead atoms. The van der Waals surface area contributed by atoms with Gasteiger partial charge in [0.2, 0.25) is 0 Å². The fraction of sp³-hybridized carbons (Fsp3) is 1.00. The molecule has 25 heavy (non-hydrogen) atoms. The monoisotopic (exact) mass is 356 g/mol. The minimum atomic E-state index is -0.752. The van der Waals surface area contributed by atoms with Crippen molar-refractivity contribution in [1.82, 2.24) is 5.32 Å². The Labute approximate surface area is 154 Å². The van der Waals surface area contributed by atoms with E-state index in [1.807, 2.05) is 0 Å². The van der Waals surface area contributed by atoms with E-state index >= 15 is 0 Å². The smallest absolute Gasteiger partial charge is 0.116 e. The van der Waals surface area contributed by atoms with Gasteiger partial charge in [0.1, 0.15) is 6.17 Å². The van der Waals surface area contributed by atoms with Gasteiger partial charge in [-0.25, -0.2) is 4.39 Å². The molecule has 3 N–H and O–H groups in total. The Bertz CT molecular complexity index is 461. The van der Waals surface area contributed by atoms with E-state index in [0.717, 1.165) is 12.8 Å². The summed E-state index contributed by atoms with van der Waals surface area (Å²) in [6.07, 6.45) is 1.73. The van der Waals surface area contributed by atoms with Gasteiger partial charge in [0, 0.05) is 23.0 Å². The van der Waals surface area contributed by atoms with Crippen LogP contribution in [0.15, 0.2) is 0 Å². The van der Waals surface area contributed by atoms with Crippen LogP contribution in [0.2, 0.25) is 0 Å². The van der Waals surface area contributed by atoms with Crippen molar-refractivity contribution in [2.75, 3.05) is 6.61 Å². The Morgan fingerprint density at radius 3 is 2.32 bits per heavy atom. The fourth-order valence-corrected chi connectivity index (χ4v) is 6.02. The zero-order valence-corrected chi connectivity index (χ0v) is 17.7. The minimum absolute atomic E-state index is 0.0412. The second-order valence-electron chi connectivity index (χ2n) is 10.5. The molecule has 4 unspecified atom stereocenters. The Morgan fingerprint density at radius 2 is 1.84 bits per heavy atom. The van der Waals surface area contributed by atoms with Crippen LogP contribution in [-0.2, 0) is 4.74 Å². The van der Waals surface area contributed by atoms with Gasteiger partial charge in [-0.3, -0.25) is 0 Å². The van der Waals surface area contributed by atoms with Gasteiger partial charge in [-0.1, -0.05) is 48.5 Å². The van der Waals surface area contributed by atoms with E-state index in [1.54, 1.807) is 0 Å². The van der Waals surface area contributed by atoms with Crippen LogP contribution in [0.4, 0.5) is 4.39 Å². The Hall–Kier alpha value is -0.190. The molecule has 0 aromatic heterocycles. The predicted octanol–water partition coefficient (Wildman–Crippen LogP) is 4.30. The molecule has 6 atom stereocenters. The van der Waals surface area contributed by atoms with Crippen molar-refractivity contribution in [3.05, 3.63) is 0 Å². The summed E-state index contributed by atoms with van der Waals surface area (Å²) in [5, 5.41) is 3.65. The van der Waals surface area contributed by atoms with Gasteiger partial charge in [-0.05, 0) is 43.4 Å². The third-order valence-electron chi connectivity index (χ3n) is 7.11. The van der Waals surface area contributed by atoms with Crippen molar-refractivity contribution in [2.45, 2.75) is 105 Å². The lowest BCUT2D eigenvalue weighted by molar-refractivity contribution is -0.0743. The highest BCUT2D eigenvalue weighted by molar-refractivity contribution is 5.11. The number of alkyl halides is 1. The van der Waals surface area contributed by atoms with Crippen LogP contribution in [-0.4, -0.2) is 36.5 Å². The molecule has 0 saturated carbocycles. The van der Waals surface area contributed by atoms with Crippen molar-refractivity contribution in [1.29, 1.82) is 0 Å². The number of nitrogens with two attached hydrogens (primary N) is 1. The topological polar surface area (TPSA) is 47.3 Å². The normalized spacial score (nSPS) is 43.2. The van der Waals surface area contributed by atoms with Crippen molar-refractivity contribution in [3.63, 3.8) is 0 Å². The number of piperidine rings is 1. The molecule has 3 nitrogen and oxygen atoms in total. The zero-order valence-electron chi connectivity index (χ0n) is 17.7. The second-order valence-corrected chi connectivity index (χ2v) is 10.5. The molecular formula is C21H41FN2O. The van der Waals surface area contributed by atoms with Gasteiger partial charge in [-0.15, -0.1) is 0 Å². The van der Waals surface area contributed by atoms with Crippen LogP contribution in [0.5, 0.6) is 0 Å². The van der Waals surface area contributed by atoms with Crippen LogP contribution >= 0.6 is 0 Å². The van der Waals surface area contributed by atoms with Crippen molar-refractivity contribution in [3.8, 4) is 0 Å². The number of hydrogen-bond donors (Lipinski definition) is 2. The highest BCUT2D eigenvalue weighted by Gasteiger charge is 2.59. The van der Waals surface area contributed by atoms with Crippen molar-refractivity contribution >= 4 is 0 Å². The maximum absolute atomic E-state index is 14.4. The number of hydrogen-bond acceptors (Lipinski definition) is 3. The van der Waals surface area contributed by atoms with E-state index in [0.29, 0.717) is 24.9 Å². The first kappa shape index (κ1) is 21.1. The summed E-state index contributed by atoms with van der Waals surface area (Å²) < 4.78 is 20.7. The standard InChI is InChI=1S/C21H41FN2O/c1-13(2)18-15(22)9-10-20(8,24-18)11-17-21(14(3)4,19(5,6)7)16(23)12-25-17/h13-18,24H,9-12,23H2,1-8H3/t15?,16-,17?,18+,20?,21?/m1/s1. The molecule has 0 aliphatic carbocycles. The maximum atomic E-state index is 14.4. The van der Waals surface area contributed by atoms with E-state index in [2.05, 4.69) is 60.7 Å². The zero-order chi connectivity index (χ0) is 19.2. The minimum Gasteiger partial charge on any atom is -0.376 e. The summed E-state index contributed by atoms with van der Waals surface area (Å²) in [6.45, 7) is 18.5. The molecule has 0 radical (unpaired) electrons. The molecular weight excluding hydrogens is 315 g/mol. The van der Waals surface area contributed by atoms with E-state index < -0.39 is 6.17 Å². The molecule has 0 aromatic rings. The third kappa shape index (κ3) is 3.64. The van der Waals surface area contributed by atoms with Gasteiger partial charge < -0.3 is 15.8 Å². The molecule has 2 aliphatic heterocycles. The van der Waals surface area contributed by atoms with Crippen LogP contribution < -0.4 is 11.1 Å². The number of ether oxygens (including phenoxy) is 1. The van der Waals surface area contributed by atoms with Gasteiger partial charge in [-0.2, -0.15) is 0 Å². The molecule has 0 spiro atoms. The average Bonchev–Trinajstić information content (AvgIpc) is 2.78. The summed E-state index contributed by atoms with van der Waals surface area (Å²) in [4.78, 5) is 0. The van der Waals surface area contributed by atoms with Crippen LogP contribution in [0.3, 0.4) is 0 Å². The lowest BCUT2D eigenvalue weighted by Crippen LogP contribution is -2.62. The quantitative estimate of drug-likeness (QED) is 0.790. The van der Waals surface area contributed by atoms with E-state index in [4.69, 9.17) is 10.5 Å².